The summed E-state index contributed by atoms with van der Waals surface area (Å²) in [6.07, 6.45) is 0. The standard InChI is InChI=1S/C16H19N3O3.ClH/c1-10-3-4-12-13(7-10)16(22)19(15(12)21)9-14(20)18-6-5-17-8-11(18)2;/h3-4,7,11,17H,5-6,8-9H2,1-2H3;1H/t11-;/m0./s1. The molecule has 1 atom stereocenters. The Kier molecular flexibility index (Phi) is 5.06. The second-order valence-electron chi connectivity index (χ2n) is 5.89. The molecule has 124 valence electrons. The Labute approximate surface area is 141 Å². The summed E-state index contributed by atoms with van der Waals surface area (Å²) in [6.45, 7) is 5.70. The van der Waals surface area contributed by atoms with E-state index in [-0.39, 0.29) is 42.7 Å². The molecular weight excluding hydrogens is 318 g/mol. The molecular formula is C16H20ClN3O3. The third-order valence-corrected chi connectivity index (χ3v) is 4.24. The molecule has 1 fully saturated rings. The lowest BCUT2D eigenvalue weighted by atomic mass is 10.1. The smallest absolute Gasteiger partial charge is 0.262 e. The van der Waals surface area contributed by atoms with E-state index in [1.807, 2.05) is 13.8 Å². The number of imide groups is 1. The average molecular weight is 338 g/mol. The van der Waals surface area contributed by atoms with Crippen LogP contribution in [-0.4, -0.2) is 59.7 Å². The van der Waals surface area contributed by atoms with Crippen LogP contribution in [0.25, 0.3) is 0 Å². The van der Waals surface area contributed by atoms with E-state index in [9.17, 15) is 14.4 Å². The maximum absolute atomic E-state index is 12.4. The van der Waals surface area contributed by atoms with Gasteiger partial charge in [-0.05, 0) is 26.0 Å². The number of piperazine rings is 1. The van der Waals surface area contributed by atoms with Crippen LogP contribution < -0.4 is 5.32 Å². The summed E-state index contributed by atoms with van der Waals surface area (Å²) in [7, 11) is 0. The third-order valence-electron chi connectivity index (χ3n) is 4.24. The summed E-state index contributed by atoms with van der Waals surface area (Å²) < 4.78 is 0. The fraction of sp³-hybridized carbons (Fsp3) is 0.438. The van der Waals surface area contributed by atoms with Crippen LogP contribution in [0.2, 0.25) is 0 Å². The molecule has 0 spiro atoms. The predicted molar refractivity (Wildman–Crippen MR) is 87.8 cm³/mol. The molecule has 3 rings (SSSR count). The molecule has 3 amide bonds. The van der Waals surface area contributed by atoms with Gasteiger partial charge in [0, 0.05) is 25.7 Å². The number of benzene rings is 1. The van der Waals surface area contributed by atoms with Crippen molar-refractivity contribution < 1.29 is 14.4 Å². The molecule has 0 bridgehead atoms. The maximum Gasteiger partial charge on any atom is 0.262 e. The van der Waals surface area contributed by atoms with Crippen LogP contribution in [0.15, 0.2) is 18.2 Å². The third kappa shape index (κ3) is 3.09. The van der Waals surface area contributed by atoms with Gasteiger partial charge in [0.25, 0.3) is 11.8 Å². The first-order chi connectivity index (χ1) is 10.5. The van der Waals surface area contributed by atoms with Crippen molar-refractivity contribution in [3.63, 3.8) is 0 Å². The first-order valence-corrected chi connectivity index (χ1v) is 7.46. The number of nitrogens with zero attached hydrogens (tertiary/aromatic N) is 2. The molecule has 1 aromatic carbocycles. The molecule has 1 saturated heterocycles. The van der Waals surface area contributed by atoms with Crippen LogP contribution in [0.5, 0.6) is 0 Å². The predicted octanol–water partition coefficient (Wildman–Crippen LogP) is 0.833. The van der Waals surface area contributed by atoms with Gasteiger partial charge >= 0.3 is 0 Å². The van der Waals surface area contributed by atoms with Crippen LogP contribution in [0.3, 0.4) is 0 Å². The normalized spacial score (nSPS) is 20.3. The zero-order valence-electron chi connectivity index (χ0n) is 13.2. The van der Waals surface area contributed by atoms with E-state index in [4.69, 9.17) is 0 Å². The van der Waals surface area contributed by atoms with Gasteiger partial charge in [0.1, 0.15) is 6.54 Å². The van der Waals surface area contributed by atoms with E-state index in [1.165, 1.54) is 0 Å². The fourth-order valence-electron chi connectivity index (χ4n) is 2.99. The molecule has 1 N–H and O–H groups in total. The molecule has 0 radical (unpaired) electrons. The minimum absolute atomic E-state index is 0. The molecule has 7 heteroatoms. The minimum Gasteiger partial charge on any atom is -0.336 e. The van der Waals surface area contributed by atoms with E-state index in [0.717, 1.165) is 23.6 Å². The van der Waals surface area contributed by atoms with Crippen molar-refractivity contribution in [2.24, 2.45) is 0 Å². The molecule has 2 aliphatic heterocycles. The molecule has 1 aromatic rings. The number of aryl methyl sites for hydroxylation is 1. The van der Waals surface area contributed by atoms with Crippen molar-refractivity contribution in [1.29, 1.82) is 0 Å². The number of hydrogen-bond acceptors (Lipinski definition) is 4. The van der Waals surface area contributed by atoms with Gasteiger partial charge in [0.15, 0.2) is 0 Å². The molecule has 2 heterocycles. The van der Waals surface area contributed by atoms with Crippen molar-refractivity contribution in [3.05, 3.63) is 34.9 Å². The number of halogens is 1. The highest BCUT2D eigenvalue weighted by Crippen LogP contribution is 2.24. The van der Waals surface area contributed by atoms with Crippen molar-refractivity contribution in [1.82, 2.24) is 15.1 Å². The maximum atomic E-state index is 12.4. The van der Waals surface area contributed by atoms with Crippen molar-refractivity contribution >= 4 is 30.1 Å². The highest BCUT2D eigenvalue weighted by Gasteiger charge is 2.38. The topological polar surface area (TPSA) is 69.7 Å². The van der Waals surface area contributed by atoms with Crippen LogP contribution in [0, 0.1) is 6.92 Å². The zero-order valence-corrected chi connectivity index (χ0v) is 14.0. The van der Waals surface area contributed by atoms with E-state index in [1.54, 1.807) is 23.1 Å². The highest BCUT2D eigenvalue weighted by molar-refractivity contribution is 6.22. The van der Waals surface area contributed by atoms with Gasteiger partial charge in [-0.2, -0.15) is 0 Å². The van der Waals surface area contributed by atoms with Gasteiger partial charge in [-0.25, -0.2) is 0 Å². The van der Waals surface area contributed by atoms with Crippen molar-refractivity contribution in [2.75, 3.05) is 26.2 Å². The van der Waals surface area contributed by atoms with E-state index >= 15 is 0 Å². The van der Waals surface area contributed by atoms with E-state index in [2.05, 4.69) is 5.32 Å². The lowest BCUT2D eigenvalue weighted by molar-refractivity contribution is -0.134. The molecule has 23 heavy (non-hydrogen) atoms. The SMILES string of the molecule is Cc1ccc2c(c1)C(=O)N(CC(=O)N1CCNC[C@@H]1C)C2=O.Cl. The zero-order chi connectivity index (χ0) is 15.9. The highest BCUT2D eigenvalue weighted by atomic mass is 35.5. The summed E-state index contributed by atoms with van der Waals surface area (Å²) in [5, 5.41) is 3.21. The lowest BCUT2D eigenvalue weighted by Gasteiger charge is -2.34. The Bertz CT molecular complexity index is 662. The number of hydrogen-bond donors (Lipinski definition) is 1. The number of amides is 3. The van der Waals surface area contributed by atoms with Crippen LogP contribution >= 0.6 is 12.4 Å². The lowest BCUT2D eigenvalue weighted by Crippen LogP contribution is -2.55. The average Bonchev–Trinajstić information content (AvgIpc) is 2.72. The second kappa shape index (κ2) is 6.68. The van der Waals surface area contributed by atoms with Gasteiger partial charge in [0.05, 0.1) is 11.1 Å². The molecule has 2 aliphatic rings. The Morgan fingerprint density at radius 3 is 2.65 bits per heavy atom. The first-order valence-electron chi connectivity index (χ1n) is 7.46. The van der Waals surface area contributed by atoms with E-state index < -0.39 is 0 Å². The quantitative estimate of drug-likeness (QED) is 0.812. The first kappa shape index (κ1) is 17.4. The summed E-state index contributed by atoms with van der Waals surface area (Å²) in [4.78, 5) is 39.9. The molecule has 0 saturated carbocycles. The van der Waals surface area contributed by atoms with Crippen LogP contribution in [-0.2, 0) is 4.79 Å². The van der Waals surface area contributed by atoms with Crippen molar-refractivity contribution in [3.8, 4) is 0 Å². The van der Waals surface area contributed by atoms with Crippen LogP contribution in [0.4, 0.5) is 0 Å². The van der Waals surface area contributed by atoms with Gasteiger partial charge in [0.2, 0.25) is 5.91 Å². The van der Waals surface area contributed by atoms with Gasteiger partial charge in [-0.1, -0.05) is 11.6 Å². The van der Waals surface area contributed by atoms with E-state index in [0.29, 0.717) is 17.7 Å². The Hall–Kier alpha value is -1.92. The summed E-state index contributed by atoms with van der Waals surface area (Å²) in [5.41, 5.74) is 1.70. The minimum atomic E-state index is -0.379. The Morgan fingerprint density at radius 1 is 1.26 bits per heavy atom. The van der Waals surface area contributed by atoms with Gasteiger partial charge in [-0.3, -0.25) is 19.3 Å². The van der Waals surface area contributed by atoms with Crippen LogP contribution in [0.1, 0.15) is 33.2 Å². The Balaban J connectivity index is 0.00000192. The van der Waals surface area contributed by atoms with Crippen molar-refractivity contribution in [2.45, 2.75) is 19.9 Å². The number of nitrogens with one attached hydrogen (secondary N) is 1. The summed E-state index contributed by atoms with van der Waals surface area (Å²) in [6, 6.07) is 5.22. The largest absolute Gasteiger partial charge is 0.336 e. The number of carbonyl (C=O) groups excluding carboxylic acids is 3. The molecule has 0 aliphatic carbocycles. The molecule has 6 nitrogen and oxygen atoms in total. The molecule has 0 unspecified atom stereocenters. The summed E-state index contributed by atoms with van der Waals surface area (Å²) >= 11 is 0. The van der Waals surface area contributed by atoms with Gasteiger partial charge in [-0.15, -0.1) is 12.4 Å². The second-order valence-corrected chi connectivity index (χ2v) is 5.89. The number of fused-ring (bicyclic) bond motifs is 1. The number of carbonyl (C=O) groups is 3. The monoisotopic (exact) mass is 337 g/mol. The van der Waals surface area contributed by atoms with Gasteiger partial charge < -0.3 is 10.2 Å². The summed E-state index contributed by atoms with van der Waals surface area (Å²) in [5.74, 6) is -0.934. The Morgan fingerprint density at radius 2 is 1.96 bits per heavy atom. The molecule has 0 aromatic heterocycles. The fourth-order valence-corrected chi connectivity index (χ4v) is 2.99. The number of rotatable bonds is 2.